The second-order valence-electron chi connectivity index (χ2n) is 5.45. The number of nitrogens with zero attached hydrogens (tertiary/aromatic N) is 2. The summed E-state index contributed by atoms with van der Waals surface area (Å²) in [6, 6.07) is 6.56. The van der Waals surface area contributed by atoms with Gasteiger partial charge in [0.05, 0.1) is 10.7 Å². The first kappa shape index (κ1) is 15.6. The van der Waals surface area contributed by atoms with Crippen molar-refractivity contribution in [3.63, 3.8) is 0 Å². The maximum absolute atomic E-state index is 12.3. The zero-order valence-electron chi connectivity index (χ0n) is 12.3. The van der Waals surface area contributed by atoms with Crippen molar-refractivity contribution in [2.24, 2.45) is 0 Å². The number of likely N-dealkylation sites (tertiary alicyclic amines) is 1. The summed E-state index contributed by atoms with van der Waals surface area (Å²) in [5.41, 5.74) is 0.555. The predicted molar refractivity (Wildman–Crippen MR) is 83.3 cm³/mol. The van der Waals surface area contributed by atoms with Crippen LogP contribution in [0.15, 0.2) is 24.3 Å². The average Bonchev–Trinajstić information content (AvgIpc) is 2.88. The zero-order chi connectivity index (χ0) is 16.4. The van der Waals surface area contributed by atoms with E-state index in [0.29, 0.717) is 36.6 Å². The van der Waals surface area contributed by atoms with E-state index in [-0.39, 0.29) is 24.6 Å². The lowest BCUT2D eigenvalue weighted by atomic mass is 10.0. The van der Waals surface area contributed by atoms with Crippen LogP contribution < -0.4 is 5.32 Å². The Hall–Kier alpha value is -2.28. The van der Waals surface area contributed by atoms with E-state index in [1.165, 1.54) is 4.90 Å². The summed E-state index contributed by atoms with van der Waals surface area (Å²) in [5.74, 6) is -0.311. The molecule has 2 aliphatic rings. The van der Waals surface area contributed by atoms with E-state index in [9.17, 15) is 14.4 Å². The molecule has 2 saturated heterocycles. The Labute approximate surface area is 138 Å². The van der Waals surface area contributed by atoms with Crippen LogP contribution in [-0.2, 0) is 9.53 Å². The molecule has 8 heteroatoms. The molecule has 0 aliphatic carbocycles. The van der Waals surface area contributed by atoms with Crippen LogP contribution in [0.4, 0.5) is 15.3 Å². The van der Waals surface area contributed by atoms with Crippen LogP contribution in [0.2, 0.25) is 5.02 Å². The molecule has 2 heterocycles. The second kappa shape index (κ2) is 6.45. The van der Waals surface area contributed by atoms with Crippen molar-refractivity contribution in [1.29, 1.82) is 0 Å². The zero-order valence-corrected chi connectivity index (χ0v) is 13.1. The molecule has 1 N–H and O–H groups in total. The molecule has 2 aliphatic heterocycles. The highest BCUT2D eigenvalue weighted by atomic mass is 35.5. The van der Waals surface area contributed by atoms with Crippen molar-refractivity contribution in [2.45, 2.75) is 18.9 Å². The standard InChI is InChI=1S/C15H16ClN3O4/c16-11-3-1-2-4-12(11)17-14(21)18-7-5-10(6-8-18)19-13(20)9-23-15(19)22/h1-4,10H,5-9H2,(H,17,21). The molecule has 4 amide bonds. The number of nitrogens with one attached hydrogen (secondary N) is 1. The smallest absolute Gasteiger partial charge is 0.417 e. The summed E-state index contributed by atoms with van der Waals surface area (Å²) < 4.78 is 4.73. The van der Waals surface area contributed by atoms with E-state index in [0.717, 1.165) is 0 Å². The minimum atomic E-state index is -0.589. The van der Waals surface area contributed by atoms with Crippen LogP contribution in [0.5, 0.6) is 0 Å². The highest BCUT2D eigenvalue weighted by Gasteiger charge is 2.39. The number of halogens is 1. The van der Waals surface area contributed by atoms with E-state index in [1.807, 2.05) is 0 Å². The maximum atomic E-state index is 12.3. The number of hydrogen-bond acceptors (Lipinski definition) is 4. The van der Waals surface area contributed by atoms with E-state index in [2.05, 4.69) is 5.32 Å². The van der Waals surface area contributed by atoms with Crippen LogP contribution in [0.1, 0.15) is 12.8 Å². The van der Waals surface area contributed by atoms with Crippen molar-refractivity contribution in [2.75, 3.05) is 25.0 Å². The first-order chi connectivity index (χ1) is 11.1. The molecular formula is C15H16ClN3O4. The number of hydrogen-bond donors (Lipinski definition) is 1. The van der Waals surface area contributed by atoms with Crippen molar-refractivity contribution >= 4 is 35.3 Å². The molecule has 2 fully saturated rings. The molecule has 23 heavy (non-hydrogen) atoms. The van der Waals surface area contributed by atoms with Gasteiger partial charge in [-0.05, 0) is 25.0 Å². The van der Waals surface area contributed by atoms with Gasteiger partial charge in [-0.25, -0.2) is 14.5 Å². The van der Waals surface area contributed by atoms with Crippen molar-refractivity contribution in [3.8, 4) is 0 Å². The average molecular weight is 338 g/mol. The third kappa shape index (κ3) is 3.24. The van der Waals surface area contributed by atoms with Crippen LogP contribution in [0.3, 0.4) is 0 Å². The molecule has 0 bridgehead atoms. The van der Waals surface area contributed by atoms with Crippen LogP contribution in [0.25, 0.3) is 0 Å². The summed E-state index contributed by atoms with van der Waals surface area (Å²) in [6.07, 6.45) is 0.488. The first-order valence-electron chi connectivity index (χ1n) is 7.35. The van der Waals surface area contributed by atoms with Gasteiger partial charge in [0.1, 0.15) is 0 Å². The Bertz CT molecular complexity index is 627. The number of piperidine rings is 1. The van der Waals surface area contributed by atoms with Gasteiger partial charge in [-0.3, -0.25) is 4.79 Å². The Morgan fingerprint density at radius 2 is 1.91 bits per heavy atom. The fraction of sp³-hybridized carbons (Fsp3) is 0.400. The first-order valence-corrected chi connectivity index (χ1v) is 7.73. The van der Waals surface area contributed by atoms with Crippen molar-refractivity contribution < 1.29 is 19.1 Å². The number of amides is 4. The summed E-state index contributed by atoms with van der Waals surface area (Å²) in [6.45, 7) is 0.724. The molecule has 122 valence electrons. The number of imide groups is 1. The molecule has 7 nitrogen and oxygen atoms in total. The van der Waals surface area contributed by atoms with Gasteiger partial charge in [0.2, 0.25) is 0 Å². The largest absolute Gasteiger partial charge is 0.439 e. The van der Waals surface area contributed by atoms with Gasteiger partial charge in [-0.15, -0.1) is 0 Å². The predicted octanol–water partition coefficient (Wildman–Crippen LogP) is 2.32. The Balaban J connectivity index is 1.56. The maximum Gasteiger partial charge on any atom is 0.417 e. The summed E-state index contributed by atoms with van der Waals surface area (Å²) >= 11 is 6.02. The SMILES string of the molecule is O=C(Nc1ccccc1Cl)N1CCC(N2C(=O)COC2=O)CC1. The highest BCUT2D eigenvalue weighted by Crippen LogP contribution is 2.23. The molecule has 1 aromatic rings. The molecule has 0 aromatic heterocycles. The number of urea groups is 1. The van der Waals surface area contributed by atoms with E-state index >= 15 is 0 Å². The third-order valence-corrected chi connectivity index (χ3v) is 4.35. The molecule has 0 radical (unpaired) electrons. The van der Waals surface area contributed by atoms with Crippen molar-refractivity contribution in [3.05, 3.63) is 29.3 Å². The minimum Gasteiger partial charge on any atom is -0.439 e. The summed E-state index contributed by atoms with van der Waals surface area (Å²) in [5, 5.41) is 3.24. The van der Waals surface area contributed by atoms with Gasteiger partial charge < -0.3 is 15.0 Å². The van der Waals surface area contributed by atoms with Gasteiger partial charge in [0.15, 0.2) is 6.61 Å². The number of para-hydroxylation sites is 1. The Morgan fingerprint density at radius 3 is 2.52 bits per heavy atom. The topological polar surface area (TPSA) is 79.0 Å². The highest BCUT2D eigenvalue weighted by molar-refractivity contribution is 6.33. The number of benzene rings is 1. The lowest BCUT2D eigenvalue weighted by Gasteiger charge is -2.34. The number of rotatable bonds is 2. The number of carbonyl (C=O) groups is 3. The van der Waals surface area contributed by atoms with Gasteiger partial charge in [-0.2, -0.15) is 0 Å². The van der Waals surface area contributed by atoms with E-state index in [4.69, 9.17) is 16.3 Å². The van der Waals surface area contributed by atoms with Gasteiger partial charge in [0.25, 0.3) is 5.91 Å². The molecular weight excluding hydrogens is 322 g/mol. The normalized spacial score (nSPS) is 19.0. The number of carbonyl (C=O) groups excluding carboxylic acids is 3. The van der Waals surface area contributed by atoms with Gasteiger partial charge in [-0.1, -0.05) is 23.7 Å². The Kier molecular flexibility index (Phi) is 4.38. The van der Waals surface area contributed by atoms with Gasteiger partial charge >= 0.3 is 12.1 Å². The van der Waals surface area contributed by atoms with Crippen molar-refractivity contribution in [1.82, 2.24) is 9.80 Å². The quantitative estimate of drug-likeness (QED) is 0.898. The molecule has 0 atom stereocenters. The van der Waals surface area contributed by atoms with Crippen LogP contribution in [0, 0.1) is 0 Å². The fourth-order valence-electron chi connectivity index (χ4n) is 2.80. The van der Waals surface area contributed by atoms with Crippen LogP contribution in [-0.4, -0.2) is 53.6 Å². The Morgan fingerprint density at radius 1 is 1.22 bits per heavy atom. The lowest BCUT2D eigenvalue weighted by molar-refractivity contribution is -0.127. The minimum absolute atomic E-state index is 0.188. The third-order valence-electron chi connectivity index (χ3n) is 4.02. The van der Waals surface area contributed by atoms with E-state index in [1.54, 1.807) is 29.2 Å². The molecule has 1 aromatic carbocycles. The lowest BCUT2D eigenvalue weighted by Crippen LogP contribution is -2.49. The van der Waals surface area contributed by atoms with E-state index < -0.39 is 6.09 Å². The summed E-state index contributed by atoms with van der Waals surface area (Å²) in [4.78, 5) is 38.3. The number of ether oxygens (including phenoxy) is 1. The summed E-state index contributed by atoms with van der Waals surface area (Å²) in [7, 11) is 0. The second-order valence-corrected chi connectivity index (χ2v) is 5.85. The number of cyclic esters (lactones) is 1. The monoisotopic (exact) mass is 337 g/mol. The fourth-order valence-corrected chi connectivity index (χ4v) is 2.98. The molecule has 0 unspecified atom stereocenters. The van der Waals surface area contributed by atoms with Crippen LogP contribution >= 0.6 is 11.6 Å². The van der Waals surface area contributed by atoms with Gasteiger partial charge in [0, 0.05) is 19.1 Å². The molecule has 3 rings (SSSR count). The number of anilines is 1. The molecule has 0 saturated carbocycles. The molecule has 0 spiro atoms.